The largest absolute Gasteiger partial charge is 0.508 e. The van der Waals surface area contributed by atoms with Gasteiger partial charge in [-0.05, 0) is 87.9 Å². The van der Waals surface area contributed by atoms with Crippen molar-refractivity contribution in [2.24, 2.45) is 47.3 Å². The Labute approximate surface area is 266 Å². The normalized spacial score (nSPS) is 57.1. The van der Waals surface area contributed by atoms with Gasteiger partial charge in [-0.2, -0.15) is 0 Å². The van der Waals surface area contributed by atoms with Crippen LogP contribution in [0.1, 0.15) is 99.3 Å². The summed E-state index contributed by atoms with van der Waals surface area (Å²) < 4.78 is 38.2. The van der Waals surface area contributed by atoms with E-state index in [2.05, 4.69) is 27.7 Å². The monoisotopic (exact) mass is 636 g/mol. The Hall–Kier alpha value is -1.05. The van der Waals surface area contributed by atoms with Gasteiger partial charge in [0.25, 0.3) is 0 Å². The molecule has 10 aliphatic rings. The standard InChI is InChI=1S/C34H52O11/c1-17-8-10-23-19(3)25(37-28-33(23)21(17)12-14-31(5,40-28)42-44-33)16-26(38-30(35)36-7)27-20(4)24-11-9-18(2)22-13-15-32(6)41-29(39-27)34(22,24)45-43-32/h17-29H,8-16H2,1-7H3/t17-,18-,19-,20-,21+,22+,23+,24+,25-,26+,27?,28-,29-,31+,32+,33?,34?/m1/s1. The van der Waals surface area contributed by atoms with E-state index in [0.717, 1.165) is 51.4 Å². The zero-order valence-electron chi connectivity index (χ0n) is 27.9. The summed E-state index contributed by atoms with van der Waals surface area (Å²) in [5.74, 6) is 0.0852. The molecule has 2 saturated carbocycles. The fourth-order valence-corrected chi connectivity index (χ4v) is 11.3. The van der Waals surface area contributed by atoms with E-state index < -0.39 is 53.7 Å². The third-order valence-corrected chi connectivity index (χ3v) is 13.7. The van der Waals surface area contributed by atoms with Crippen LogP contribution in [0.15, 0.2) is 0 Å². The SMILES string of the molecule is COC(=O)O[C@@H](C[C@H]1O[C@@H]2O[C@]3(C)CC[C@H]4[C@H](C)CC[C@@H]([C@H]1C)C24OO3)C1O[C@@H]2O[C@]3(C)CC[C@H]4[C@H](C)CC[C@@H]([C@H]1C)C24OO3. The summed E-state index contributed by atoms with van der Waals surface area (Å²) in [6.07, 6.45) is 4.69. The molecule has 0 radical (unpaired) electrons. The molecule has 8 saturated heterocycles. The molecule has 8 heterocycles. The van der Waals surface area contributed by atoms with Gasteiger partial charge in [0.1, 0.15) is 12.2 Å². The van der Waals surface area contributed by atoms with Gasteiger partial charge in [0.2, 0.25) is 11.6 Å². The molecular weight excluding hydrogens is 584 g/mol. The molecule has 0 aromatic heterocycles. The van der Waals surface area contributed by atoms with Crippen LogP contribution < -0.4 is 0 Å². The second-order valence-corrected chi connectivity index (χ2v) is 16.2. The Bertz CT molecular complexity index is 1170. The molecule has 10 rings (SSSR count). The van der Waals surface area contributed by atoms with E-state index in [-0.39, 0.29) is 41.6 Å². The van der Waals surface area contributed by atoms with E-state index in [1.165, 1.54) is 7.11 Å². The van der Waals surface area contributed by atoms with Gasteiger partial charge in [-0.15, -0.1) is 0 Å². The van der Waals surface area contributed by atoms with Crippen LogP contribution in [-0.4, -0.2) is 66.9 Å². The van der Waals surface area contributed by atoms with Crippen molar-refractivity contribution in [2.45, 2.75) is 153 Å². The fraction of sp³-hybridized carbons (Fsp3) is 0.971. The fourth-order valence-electron chi connectivity index (χ4n) is 11.3. The molecule has 254 valence electrons. The van der Waals surface area contributed by atoms with Crippen LogP contribution in [0.25, 0.3) is 0 Å². The van der Waals surface area contributed by atoms with Crippen molar-refractivity contribution in [3.05, 3.63) is 0 Å². The van der Waals surface area contributed by atoms with Crippen LogP contribution in [0, 0.1) is 47.3 Å². The summed E-state index contributed by atoms with van der Waals surface area (Å²) in [4.78, 5) is 37.6. The summed E-state index contributed by atoms with van der Waals surface area (Å²) in [5.41, 5.74) is -1.36. The number of carbonyl (C=O) groups is 1. The van der Waals surface area contributed by atoms with E-state index >= 15 is 0 Å². The third kappa shape index (κ3) is 4.47. The molecule has 17 atom stereocenters. The summed E-state index contributed by atoms with van der Waals surface area (Å²) in [6.45, 7) is 12.9. The molecule has 4 bridgehead atoms. The van der Waals surface area contributed by atoms with Crippen molar-refractivity contribution in [3.8, 4) is 0 Å². The number of fused-ring (bicyclic) bond motifs is 4. The van der Waals surface area contributed by atoms with E-state index in [0.29, 0.717) is 18.3 Å². The molecule has 2 spiro atoms. The first kappa shape index (κ1) is 31.2. The van der Waals surface area contributed by atoms with Gasteiger partial charge in [-0.1, -0.05) is 27.7 Å². The number of ether oxygens (including phenoxy) is 6. The van der Waals surface area contributed by atoms with Crippen LogP contribution in [0.2, 0.25) is 0 Å². The molecule has 3 unspecified atom stereocenters. The first-order valence-electron chi connectivity index (χ1n) is 17.6. The van der Waals surface area contributed by atoms with Gasteiger partial charge in [-0.25, -0.2) is 24.3 Å². The van der Waals surface area contributed by atoms with E-state index in [9.17, 15) is 4.79 Å². The average molecular weight is 637 g/mol. The minimum Gasteiger partial charge on any atom is -0.438 e. The molecular formula is C34H52O11. The number of carbonyl (C=O) groups excluding carboxylic acids is 1. The molecule has 0 amide bonds. The van der Waals surface area contributed by atoms with Crippen molar-refractivity contribution in [2.75, 3.05) is 7.11 Å². The lowest BCUT2D eigenvalue weighted by Crippen LogP contribution is -2.72. The summed E-state index contributed by atoms with van der Waals surface area (Å²) in [6, 6.07) is 0. The molecule has 45 heavy (non-hydrogen) atoms. The Morgan fingerprint density at radius 2 is 1.24 bits per heavy atom. The van der Waals surface area contributed by atoms with E-state index in [1.807, 2.05) is 13.8 Å². The molecule has 2 aliphatic carbocycles. The highest BCUT2D eigenvalue weighted by Crippen LogP contribution is 2.63. The highest BCUT2D eigenvalue weighted by Gasteiger charge is 2.72. The topological polar surface area (TPSA) is 109 Å². The molecule has 0 aromatic carbocycles. The number of rotatable bonds is 4. The van der Waals surface area contributed by atoms with Crippen LogP contribution in [0.5, 0.6) is 0 Å². The Balaban J connectivity index is 1.11. The smallest absolute Gasteiger partial charge is 0.438 e. The Morgan fingerprint density at radius 3 is 1.80 bits per heavy atom. The number of hydrogen-bond acceptors (Lipinski definition) is 11. The maximum absolute atomic E-state index is 12.8. The molecule has 11 nitrogen and oxygen atoms in total. The predicted octanol–water partition coefficient (Wildman–Crippen LogP) is 6.03. The van der Waals surface area contributed by atoms with Crippen molar-refractivity contribution >= 4 is 6.16 Å². The van der Waals surface area contributed by atoms with Crippen LogP contribution >= 0.6 is 0 Å². The second-order valence-electron chi connectivity index (χ2n) is 16.2. The first-order chi connectivity index (χ1) is 21.4. The maximum Gasteiger partial charge on any atom is 0.508 e. The van der Waals surface area contributed by atoms with Crippen molar-refractivity contribution in [1.29, 1.82) is 0 Å². The average Bonchev–Trinajstić information content (AvgIpc) is 3.38. The van der Waals surface area contributed by atoms with Crippen LogP contribution in [0.4, 0.5) is 4.79 Å². The lowest BCUT2D eigenvalue weighted by molar-refractivity contribution is -0.573. The van der Waals surface area contributed by atoms with E-state index in [4.69, 9.17) is 48.0 Å². The predicted molar refractivity (Wildman–Crippen MR) is 156 cm³/mol. The second kappa shape index (κ2) is 10.7. The van der Waals surface area contributed by atoms with Crippen LogP contribution in [0.3, 0.4) is 0 Å². The third-order valence-electron chi connectivity index (χ3n) is 13.7. The zero-order chi connectivity index (χ0) is 31.5. The van der Waals surface area contributed by atoms with Crippen molar-refractivity contribution < 1.29 is 52.8 Å². The van der Waals surface area contributed by atoms with Gasteiger partial charge in [0.15, 0.2) is 23.8 Å². The van der Waals surface area contributed by atoms with Gasteiger partial charge in [0.05, 0.1) is 13.2 Å². The number of methoxy groups -OCH3 is 1. The Kier molecular flexibility index (Phi) is 7.44. The lowest BCUT2D eigenvalue weighted by atomic mass is 9.56. The highest BCUT2D eigenvalue weighted by atomic mass is 17.3. The minimum atomic E-state index is -0.889. The summed E-state index contributed by atoms with van der Waals surface area (Å²) in [7, 11) is 1.34. The van der Waals surface area contributed by atoms with Gasteiger partial charge in [-0.3, -0.25) is 0 Å². The molecule has 10 fully saturated rings. The van der Waals surface area contributed by atoms with Gasteiger partial charge >= 0.3 is 6.16 Å². The molecule has 8 aliphatic heterocycles. The minimum absolute atomic E-state index is 0.00787. The highest BCUT2D eigenvalue weighted by molar-refractivity contribution is 5.59. The van der Waals surface area contributed by atoms with Gasteiger partial charge in [0, 0.05) is 31.1 Å². The maximum atomic E-state index is 12.8. The summed E-state index contributed by atoms with van der Waals surface area (Å²) in [5, 5.41) is 0. The zero-order valence-corrected chi connectivity index (χ0v) is 27.9. The van der Waals surface area contributed by atoms with Crippen molar-refractivity contribution in [3.63, 3.8) is 0 Å². The van der Waals surface area contributed by atoms with Crippen molar-refractivity contribution in [1.82, 2.24) is 0 Å². The van der Waals surface area contributed by atoms with Crippen LogP contribution in [-0.2, 0) is 48.0 Å². The molecule has 11 heteroatoms. The molecule has 0 aromatic rings. The molecule has 0 N–H and O–H groups in total. The van der Waals surface area contributed by atoms with Gasteiger partial charge < -0.3 is 28.4 Å². The van der Waals surface area contributed by atoms with E-state index in [1.54, 1.807) is 0 Å². The first-order valence-corrected chi connectivity index (χ1v) is 17.6. The lowest BCUT2D eigenvalue weighted by Gasteiger charge is -2.62. The number of hydrogen-bond donors (Lipinski definition) is 0. The summed E-state index contributed by atoms with van der Waals surface area (Å²) >= 11 is 0. The quantitative estimate of drug-likeness (QED) is 0.267. The Morgan fingerprint density at radius 1 is 0.711 bits per heavy atom.